The lowest BCUT2D eigenvalue weighted by atomic mass is 9.83. The van der Waals surface area contributed by atoms with Crippen LogP contribution in [0.25, 0.3) is 0 Å². The zero-order valence-corrected chi connectivity index (χ0v) is 17.4. The van der Waals surface area contributed by atoms with E-state index in [-0.39, 0.29) is 17.4 Å². The van der Waals surface area contributed by atoms with Crippen LogP contribution in [0.1, 0.15) is 68.8 Å². The summed E-state index contributed by atoms with van der Waals surface area (Å²) in [5.74, 6) is -1.57. The number of aromatic nitrogens is 2. The summed E-state index contributed by atoms with van der Waals surface area (Å²) in [5.41, 5.74) is 7.05. The molecule has 4 rings (SSSR count). The Balaban J connectivity index is 1.75. The Morgan fingerprint density at radius 3 is 2.47 bits per heavy atom. The highest BCUT2D eigenvalue weighted by Crippen LogP contribution is 2.42. The van der Waals surface area contributed by atoms with E-state index >= 15 is 0 Å². The van der Waals surface area contributed by atoms with Gasteiger partial charge in [0, 0.05) is 10.6 Å². The first-order valence-electron chi connectivity index (χ1n) is 9.89. The predicted molar refractivity (Wildman–Crippen MR) is 110 cm³/mol. The molecule has 2 N–H and O–H groups in total. The molecule has 0 spiro atoms. The molecule has 0 atom stereocenters. The van der Waals surface area contributed by atoms with Gasteiger partial charge in [-0.05, 0) is 44.2 Å². The molecule has 9 heteroatoms. The lowest BCUT2D eigenvalue weighted by Crippen LogP contribution is -2.41. The molecular weight excluding hydrogens is 417 g/mol. The molecule has 0 radical (unpaired) electrons. The average Bonchev–Trinajstić information content (AvgIpc) is 2.66. The van der Waals surface area contributed by atoms with Gasteiger partial charge < -0.3 is 10.5 Å². The molecule has 1 aliphatic heterocycles. The number of halogens is 4. The van der Waals surface area contributed by atoms with Gasteiger partial charge in [-0.25, -0.2) is 9.98 Å². The summed E-state index contributed by atoms with van der Waals surface area (Å²) in [6.45, 7) is 3.42. The van der Waals surface area contributed by atoms with E-state index in [9.17, 15) is 13.2 Å². The molecule has 30 heavy (non-hydrogen) atoms. The third-order valence-electron chi connectivity index (χ3n) is 5.60. The van der Waals surface area contributed by atoms with Crippen molar-refractivity contribution >= 4 is 28.8 Å². The number of hydrogen-bond acceptors (Lipinski definition) is 5. The Morgan fingerprint density at radius 2 is 1.83 bits per heavy atom. The van der Waals surface area contributed by atoms with Crippen molar-refractivity contribution < 1.29 is 17.9 Å². The van der Waals surface area contributed by atoms with Crippen molar-refractivity contribution in [2.75, 3.05) is 5.73 Å². The molecule has 2 aliphatic rings. The van der Waals surface area contributed by atoms with Gasteiger partial charge in [0.05, 0.1) is 5.71 Å². The number of anilines is 1. The van der Waals surface area contributed by atoms with Gasteiger partial charge in [-0.15, -0.1) is 0 Å². The maximum atomic E-state index is 13.0. The second kappa shape index (κ2) is 7.41. The lowest BCUT2D eigenvalue weighted by Gasteiger charge is -2.32. The van der Waals surface area contributed by atoms with E-state index in [4.69, 9.17) is 22.1 Å². The van der Waals surface area contributed by atoms with Crippen LogP contribution in [0.2, 0.25) is 5.02 Å². The minimum absolute atomic E-state index is 0.00944. The summed E-state index contributed by atoms with van der Waals surface area (Å²) in [6, 6.07) is 5.77. The summed E-state index contributed by atoms with van der Waals surface area (Å²) in [4.78, 5) is 11.3. The predicted octanol–water partition coefficient (Wildman–Crippen LogP) is 6.07. The molecule has 0 bridgehead atoms. The molecule has 1 aromatic carbocycles. The average molecular weight is 439 g/mol. The smallest absolute Gasteiger partial charge is 0.451 e. The second-order valence-electron chi connectivity index (χ2n) is 8.23. The highest BCUT2D eigenvalue weighted by molar-refractivity contribution is 6.32. The molecule has 0 saturated heterocycles. The zero-order chi connectivity index (χ0) is 21.7. The van der Waals surface area contributed by atoms with Gasteiger partial charge in [0.25, 0.3) is 0 Å². The maximum absolute atomic E-state index is 13.0. The van der Waals surface area contributed by atoms with Crippen molar-refractivity contribution in [3.8, 4) is 5.88 Å². The number of rotatable bonds is 2. The molecule has 160 valence electrons. The molecule has 1 fully saturated rings. The fraction of sp³-hybridized carbons (Fsp3) is 0.476. The van der Waals surface area contributed by atoms with Crippen molar-refractivity contribution in [1.82, 2.24) is 9.97 Å². The van der Waals surface area contributed by atoms with E-state index in [1.54, 1.807) is 13.8 Å². The number of benzene rings is 1. The van der Waals surface area contributed by atoms with Crippen LogP contribution in [0.15, 0.2) is 23.2 Å². The number of nitrogens with zero attached hydrogens (tertiary/aromatic N) is 3. The zero-order valence-electron chi connectivity index (χ0n) is 16.7. The quantitative estimate of drug-likeness (QED) is 0.617. The first kappa shape index (κ1) is 20.9. The third kappa shape index (κ3) is 3.85. The van der Waals surface area contributed by atoms with E-state index in [1.807, 2.05) is 18.2 Å². The standard InChI is InChI=1S/C21H22ClF3N4O/c1-20(2)16(12-8-9-13(14(22)10-12)11-6-4-3-5-7-11)27-15-17(26)28-19(21(23,24)25)29-18(15)30-20/h8-11H,3-7H2,1-2H3,(H2,26,28,29). The summed E-state index contributed by atoms with van der Waals surface area (Å²) >= 11 is 6.61. The molecule has 0 amide bonds. The Hall–Kier alpha value is -2.35. The number of hydrogen-bond donors (Lipinski definition) is 1. The Kier molecular flexibility index (Phi) is 5.16. The van der Waals surface area contributed by atoms with Gasteiger partial charge in [-0.2, -0.15) is 18.2 Å². The molecule has 1 aliphatic carbocycles. The summed E-state index contributed by atoms with van der Waals surface area (Å²) in [5, 5.41) is 0.653. The Labute approximate surface area is 177 Å². The van der Waals surface area contributed by atoms with Crippen molar-refractivity contribution in [2.45, 2.75) is 63.6 Å². The number of alkyl halides is 3. The van der Waals surface area contributed by atoms with Crippen LogP contribution in [-0.4, -0.2) is 21.3 Å². The largest absolute Gasteiger partial charge is 0.463 e. The number of nitrogen functional groups attached to an aromatic ring is 1. The minimum atomic E-state index is -4.73. The second-order valence-corrected chi connectivity index (χ2v) is 8.64. The van der Waals surface area contributed by atoms with Gasteiger partial charge in [0.1, 0.15) is 5.60 Å². The number of fused-ring (bicyclic) bond motifs is 1. The molecule has 1 aromatic heterocycles. The fourth-order valence-electron chi connectivity index (χ4n) is 4.12. The van der Waals surface area contributed by atoms with Crippen LogP contribution in [0.4, 0.5) is 24.7 Å². The Morgan fingerprint density at radius 1 is 1.13 bits per heavy atom. The molecule has 2 heterocycles. The molecule has 5 nitrogen and oxygen atoms in total. The summed E-state index contributed by atoms with van der Waals surface area (Å²) in [6.07, 6.45) is 1.17. The van der Waals surface area contributed by atoms with Crippen LogP contribution in [0.5, 0.6) is 5.88 Å². The highest BCUT2D eigenvalue weighted by atomic mass is 35.5. The van der Waals surface area contributed by atoms with Gasteiger partial charge in [-0.3, -0.25) is 0 Å². The maximum Gasteiger partial charge on any atom is 0.451 e. The highest BCUT2D eigenvalue weighted by Gasteiger charge is 2.40. The topological polar surface area (TPSA) is 73.4 Å². The SMILES string of the molecule is CC1(C)Oc2nc(C(F)(F)F)nc(N)c2N=C1c1ccc(C2CCCCC2)c(Cl)c1. The normalized spacial score (nSPS) is 19.1. The van der Waals surface area contributed by atoms with Crippen LogP contribution < -0.4 is 10.5 Å². The van der Waals surface area contributed by atoms with E-state index in [2.05, 4.69) is 15.0 Å². The van der Waals surface area contributed by atoms with Crippen LogP contribution in [0.3, 0.4) is 0 Å². The van der Waals surface area contributed by atoms with Crippen molar-refractivity contribution in [3.05, 3.63) is 40.2 Å². The number of aliphatic imine (C=N–C) groups is 1. The van der Waals surface area contributed by atoms with Crippen LogP contribution in [0, 0.1) is 0 Å². The van der Waals surface area contributed by atoms with E-state index in [0.717, 1.165) is 24.0 Å². The first-order valence-corrected chi connectivity index (χ1v) is 10.3. The fourth-order valence-corrected chi connectivity index (χ4v) is 4.46. The molecule has 2 aromatic rings. The summed E-state index contributed by atoms with van der Waals surface area (Å²) < 4.78 is 44.8. The van der Waals surface area contributed by atoms with Gasteiger partial charge in [-0.1, -0.05) is 43.0 Å². The van der Waals surface area contributed by atoms with E-state index in [0.29, 0.717) is 16.7 Å². The monoisotopic (exact) mass is 438 g/mol. The number of nitrogens with two attached hydrogens (primary N) is 1. The van der Waals surface area contributed by atoms with E-state index in [1.165, 1.54) is 19.3 Å². The van der Waals surface area contributed by atoms with Gasteiger partial charge in [0.2, 0.25) is 11.7 Å². The van der Waals surface area contributed by atoms with Crippen LogP contribution >= 0.6 is 11.6 Å². The summed E-state index contributed by atoms with van der Waals surface area (Å²) in [7, 11) is 0. The van der Waals surface area contributed by atoms with Crippen molar-refractivity contribution in [1.29, 1.82) is 0 Å². The first-order chi connectivity index (χ1) is 14.1. The van der Waals surface area contributed by atoms with E-state index < -0.39 is 17.6 Å². The molecule has 0 unspecified atom stereocenters. The Bertz CT molecular complexity index is 1010. The van der Waals surface area contributed by atoms with Gasteiger partial charge >= 0.3 is 6.18 Å². The molecule has 1 saturated carbocycles. The van der Waals surface area contributed by atoms with Crippen molar-refractivity contribution in [2.24, 2.45) is 4.99 Å². The van der Waals surface area contributed by atoms with Crippen molar-refractivity contribution in [3.63, 3.8) is 0 Å². The number of ether oxygens (including phenoxy) is 1. The van der Waals surface area contributed by atoms with Crippen LogP contribution in [-0.2, 0) is 6.18 Å². The van der Waals surface area contributed by atoms with Gasteiger partial charge in [0.15, 0.2) is 11.5 Å². The minimum Gasteiger partial charge on any atom is -0.463 e. The third-order valence-corrected chi connectivity index (χ3v) is 5.92. The lowest BCUT2D eigenvalue weighted by molar-refractivity contribution is -0.145. The molecular formula is C21H22ClF3N4O.